The van der Waals surface area contributed by atoms with Crippen LogP contribution in [0.3, 0.4) is 0 Å². The molecule has 2 aromatic carbocycles. The van der Waals surface area contributed by atoms with Crippen molar-refractivity contribution in [3.63, 3.8) is 0 Å². The maximum Gasteiger partial charge on any atom is 0.410 e. The van der Waals surface area contributed by atoms with Gasteiger partial charge in [0.1, 0.15) is 18.0 Å². The molecular weight excluding hydrogens is 513 g/mol. The number of carbonyl (C=O) groups excluding carboxylic acids is 3. The highest BCUT2D eigenvalue weighted by atomic mass is 19.1. The minimum atomic E-state index is -0.659. The number of carbonyl (C=O) groups is 3. The number of amides is 3. The van der Waals surface area contributed by atoms with E-state index in [0.29, 0.717) is 26.1 Å². The van der Waals surface area contributed by atoms with Gasteiger partial charge in [-0.3, -0.25) is 4.79 Å². The molecule has 4 rings (SSSR count). The number of benzene rings is 2. The van der Waals surface area contributed by atoms with E-state index in [1.54, 1.807) is 37.8 Å². The normalized spacial score (nSPS) is 21.4. The fourth-order valence-corrected chi connectivity index (χ4v) is 5.40. The first kappa shape index (κ1) is 29.4. The lowest BCUT2D eigenvalue weighted by Crippen LogP contribution is -2.58. The van der Waals surface area contributed by atoms with Crippen LogP contribution in [0.1, 0.15) is 51.2 Å². The van der Waals surface area contributed by atoms with E-state index >= 15 is 0 Å². The van der Waals surface area contributed by atoms with Crippen LogP contribution in [0.15, 0.2) is 54.6 Å². The summed E-state index contributed by atoms with van der Waals surface area (Å²) in [5.41, 5.74) is 1.24. The lowest BCUT2D eigenvalue weighted by molar-refractivity contribution is -0.140. The third-order valence-electron chi connectivity index (χ3n) is 7.37. The summed E-state index contributed by atoms with van der Waals surface area (Å²) in [4.78, 5) is 42.9. The van der Waals surface area contributed by atoms with Gasteiger partial charge in [0.15, 0.2) is 0 Å². The van der Waals surface area contributed by atoms with Crippen LogP contribution in [0, 0.1) is 17.7 Å². The summed E-state index contributed by atoms with van der Waals surface area (Å²) in [5, 5.41) is 2.90. The molecule has 0 aromatic heterocycles. The number of nitrogens with zero attached hydrogens (tertiary/aromatic N) is 2. The van der Waals surface area contributed by atoms with Crippen LogP contribution in [-0.4, -0.2) is 65.7 Å². The van der Waals surface area contributed by atoms with Crippen LogP contribution in [0.5, 0.6) is 0 Å². The fourth-order valence-electron chi connectivity index (χ4n) is 5.40. The van der Waals surface area contributed by atoms with E-state index in [0.717, 1.165) is 30.4 Å². The van der Waals surface area contributed by atoms with Gasteiger partial charge in [0, 0.05) is 32.2 Å². The Morgan fingerprint density at radius 3 is 2.35 bits per heavy atom. The first-order chi connectivity index (χ1) is 19.1. The predicted molar refractivity (Wildman–Crippen MR) is 149 cm³/mol. The smallest absolute Gasteiger partial charge is 0.410 e. The first-order valence-corrected chi connectivity index (χ1v) is 14.1. The summed E-state index contributed by atoms with van der Waals surface area (Å²) in [6.45, 7) is 7.24. The molecule has 8 nitrogen and oxygen atoms in total. The quantitative estimate of drug-likeness (QED) is 0.534. The number of nitrogens with one attached hydrogen (secondary N) is 1. The van der Waals surface area contributed by atoms with E-state index < -0.39 is 29.7 Å². The molecule has 2 saturated heterocycles. The Kier molecular flexibility index (Phi) is 9.66. The average molecular weight is 554 g/mol. The van der Waals surface area contributed by atoms with Crippen molar-refractivity contribution in [2.45, 2.75) is 64.7 Å². The maximum atomic E-state index is 13.9. The number of alkyl carbamates (subject to hydrolysis) is 1. The van der Waals surface area contributed by atoms with E-state index in [9.17, 15) is 18.8 Å². The number of ether oxygens (including phenoxy) is 2. The highest BCUT2D eigenvalue weighted by Crippen LogP contribution is 2.27. The maximum absolute atomic E-state index is 13.9. The first-order valence-electron chi connectivity index (χ1n) is 14.1. The summed E-state index contributed by atoms with van der Waals surface area (Å²) in [5.74, 6) is -0.742. The molecular formula is C31H40FN3O5. The lowest BCUT2D eigenvalue weighted by Gasteiger charge is -2.42. The molecule has 0 saturated carbocycles. The molecule has 0 radical (unpaired) electrons. The molecule has 216 valence electrons. The minimum Gasteiger partial charge on any atom is -0.445 e. The average Bonchev–Trinajstić information content (AvgIpc) is 2.93. The molecule has 1 N–H and O–H groups in total. The second-order valence-corrected chi connectivity index (χ2v) is 11.8. The van der Waals surface area contributed by atoms with Gasteiger partial charge in [-0.15, -0.1) is 0 Å². The summed E-state index contributed by atoms with van der Waals surface area (Å²) in [6, 6.07) is 15.4. The Balaban J connectivity index is 1.43. The zero-order valence-electron chi connectivity index (χ0n) is 23.6. The molecule has 3 amide bonds. The van der Waals surface area contributed by atoms with Crippen molar-refractivity contribution in [1.82, 2.24) is 15.1 Å². The number of piperidine rings is 2. The fraction of sp³-hybridized carbons (Fsp3) is 0.516. The summed E-state index contributed by atoms with van der Waals surface area (Å²) in [6.07, 6.45) is 1.93. The topological polar surface area (TPSA) is 88.2 Å². The van der Waals surface area contributed by atoms with Gasteiger partial charge >= 0.3 is 12.2 Å². The molecule has 2 aliphatic heterocycles. The van der Waals surface area contributed by atoms with Crippen molar-refractivity contribution in [1.29, 1.82) is 0 Å². The van der Waals surface area contributed by atoms with Crippen LogP contribution < -0.4 is 5.32 Å². The molecule has 3 atom stereocenters. The van der Waals surface area contributed by atoms with Gasteiger partial charge in [0.05, 0.1) is 5.92 Å². The number of hydrogen-bond donors (Lipinski definition) is 1. The molecule has 40 heavy (non-hydrogen) atoms. The van der Waals surface area contributed by atoms with Crippen LogP contribution in [0.2, 0.25) is 0 Å². The number of halogens is 1. The molecule has 2 heterocycles. The van der Waals surface area contributed by atoms with Gasteiger partial charge in [0.2, 0.25) is 5.91 Å². The van der Waals surface area contributed by atoms with E-state index in [2.05, 4.69) is 5.32 Å². The van der Waals surface area contributed by atoms with E-state index in [4.69, 9.17) is 9.47 Å². The van der Waals surface area contributed by atoms with E-state index in [1.807, 2.05) is 35.2 Å². The van der Waals surface area contributed by atoms with Crippen molar-refractivity contribution >= 4 is 18.1 Å². The van der Waals surface area contributed by atoms with Crippen molar-refractivity contribution < 1.29 is 28.2 Å². The predicted octanol–water partition coefficient (Wildman–Crippen LogP) is 5.16. The van der Waals surface area contributed by atoms with Gasteiger partial charge in [0.25, 0.3) is 0 Å². The SMILES string of the molecule is CC(C)(C)OC(=O)N1CC[C@@H](NC(=O)OCc2ccccc2)[C@H](C(=O)N2CCC[C@@H](Cc3ccc(F)cc3)C2)C1. The molecule has 0 bridgehead atoms. The van der Waals surface area contributed by atoms with Crippen LogP contribution in [0.25, 0.3) is 0 Å². The number of likely N-dealkylation sites (tertiary alicyclic amines) is 2. The second-order valence-electron chi connectivity index (χ2n) is 11.8. The van der Waals surface area contributed by atoms with Crippen LogP contribution in [-0.2, 0) is 27.3 Å². The van der Waals surface area contributed by atoms with Crippen LogP contribution >= 0.6 is 0 Å². The molecule has 2 fully saturated rings. The van der Waals surface area contributed by atoms with Crippen LogP contribution in [0.4, 0.5) is 14.0 Å². The van der Waals surface area contributed by atoms with Crippen molar-refractivity contribution in [2.24, 2.45) is 11.8 Å². The lowest BCUT2D eigenvalue weighted by atomic mass is 9.87. The van der Waals surface area contributed by atoms with Gasteiger partial charge < -0.3 is 24.6 Å². The van der Waals surface area contributed by atoms with E-state index in [-0.39, 0.29) is 30.8 Å². The molecule has 0 aliphatic carbocycles. The van der Waals surface area contributed by atoms with E-state index in [1.165, 1.54) is 12.1 Å². The highest BCUT2D eigenvalue weighted by Gasteiger charge is 2.41. The van der Waals surface area contributed by atoms with Crippen molar-refractivity contribution in [2.75, 3.05) is 26.2 Å². The second kappa shape index (κ2) is 13.2. The third-order valence-corrected chi connectivity index (χ3v) is 7.37. The Bertz CT molecular complexity index is 1150. The molecule has 0 spiro atoms. The Labute approximate surface area is 235 Å². The summed E-state index contributed by atoms with van der Waals surface area (Å²) in [7, 11) is 0. The van der Waals surface area contributed by atoms with Gasteiger partial charge in [-0.2, -0.15) is 0 Å². The van der Waals surface area contributed by atoms with Gasteiger partial charge in [-0.1, -0.05) is 42.5 Å². The van der Waals surface area contributed by atoms with Gasteiger partial charge in [-0.05, 0) is 75.6 Å². The molecule has 0 unspecified atom stereocenters. The molecule has 9 heteroatoms. The highest BCUT2D eigenvalue weighted by molar-refractivity contribution is 5.82. The zero-order chi connectivity index (χ0) is 28.7. The largest absolute Gasteiger partial charge is 0.445 e. The summed E-state index contributed by atoms with van der Waals surface area (Å²) < 4.78 is 24.4. The minimum absolute atomic E-state index is 0.0922. The zero-order valence-corrected chi connectivity index (χ0v) is 23.6. The Morgan fingerprint density at radius 2 is 1.65 bits per heavy atom. The number of rotatable bonds is 6. The van der Waals surface area contributed by atoms with Crippen molar-refractivity contribution in [3.8, 4) is 0 Å². The Hall–Kier alpha value is -3.62. The van der Waals surface area contributed by atoms with Gasteiger partial charge in [-0.25, -0.2) is 14.0 Å². The third kappa shape index (κ3) is 8.44. The van der Waals surface area contributed by atoms with Crippen molar-refractivity contribution in [3.05, 3.63) is 71.5 Å². The Morgan fingerprint density at radius 1 is 0.925 bits per heavy atom. The monoisotopic (exact) mass is 553 g/mol. The standard InChI is InChI=1S/C31H40FN3O5/c1-31(2,3)40-30(38)35-17-15-27(33-29(37)39-21-23-8-5-4-6-9-23)26(20-35)28(36)34-16-7-10-24(19-34)18-22-11-13-25(32)14-12-22/h4-6,8-9,11-14,24,26-27H,7,10,15-21H2,1-3H3,(H,33,37)/t24-,26+,27+/m0/s1. The molecule has 2 aromatic rings. The molecule has 2 aliphatic rings. The number of hydrogen-bond acceptors (Lipinski definition) is 5. The summed E-state index contributed by atoms with van der Waals surface area (Å²) >= 11 is 0.